The van der Waals surface area contributed by atoms with Gasteiger partial charge in [-0.05, 0) is 12.1 Å². The van der Waals surface area contributed by atoms with E-state index in [-0.39, 0.29) is 12.5 Å². The summed E-state index contributed by atoms with van der Waals surface area (Å²) in [5, 5.41) is 0.704. The highest BCUT2D eigenvalue weighted by atomic mass is 35.5. The summed E-state index contributed by atoms with van der Waals surface area (Å²) in [6.45, 7) is 0.231. The van der Waals surface area contributed by atoms with Crippen molar-refractivity contribution in [2.24, 2.45) is 5.84 Å². The summed E-state index contributed by atoms with van der Waals surface area (Å²) in [6, 6.07) is 6.61. The van der Waals surface area contributed by atoms with E-state index in [0.29, 0.717) is 27.4 Å². The third-order valence-corrected chi connectivity index (χ3v) is 3.10. The Morgan fingerprint density at radius 1 is 1.30 bits per heavy atom. The Hall–Kier alpha value is -1.60. The van der Waals surface area contributed by atoms with Crippen molar-refractivity contribution in [2.45, 2.75) is 6.61 Å². The maximum Gasteiger partial charge on any atom is 0.224 e. The molecule has 0 amide bonds. The van der Waals surface area contributed by atoms with E-state index in [0.717, 1.165) is 0 Å². The standard InChI is InChI=1S/C12H12Cl2N4O2/c1-19-6-10-16-9(18-15)5-11(17-10)20-8-4-2-3-7(13)12(8)14/h2-5H,6,15H2,1H3,(H,16,17,18). The van der Waals surface area contributed by atoms with Crippen LogP contribution in [0.1, 0.15) is 5.82 Å². The van der Waals surface area contributed by atoms with E-state index >= 15 is 0 Å². The van der Waals surface area contributed by atoms with Crippen LogP contribution < -0.4 is 16.0 Å². The number of nitrogens with zero attached hydrogens (tertiary/aromatic N) is 2. The smallest absolute Gasteiger partial charge is 0.224 e. The molecule has 3 N–H and O–H groups in total. The lowest BCUT2D eigenvalue weighted by molar-refractivity contribution is 0.177. The summed E-state index contributed by atoms with van der Waals surface area (Å²) in [7, 11) is 1.54. The first-order valence-corrected chi connectivity index (χ1v) is 6.35. The van der Waals surface area contributed by atoms with Gasteiger partial charge in [0, 0.05) is 13.2 Å². The topological polar surface area (TPSA) is 82.3 Å². The minimum atomic E-state index is 0.231. The van der Waals surface area contributed by atoms with Gasteiger partial charge in [0.25, 0.3) is 0 Å². The predicted octanol–water partition coefficient (Wildman–Crippen LogP) is 3.01. The highest BCUT2D eigenvalue weighted by molar-refractivity contribution is 6.42. The predicted molar refractivity (Wildman–Crippen MR) is 77.1 cm³/mol. The van der Waals surface area contributed by atoms with Crippen LogP contribution in [0.3, 0.4) is 0 Å². The van der Waals surface area contributed by atoms with Gasteiger partial charge in [0.2, 0.25) is 5.88 Å². The van der Waals surface area contributed by atoms with Crippen molar-refractivity contribution in [1.29, 1.82) is 0 Å². The number of hydrogen-bond donors (Lipinski definition) is 2. The van der Waals surface area contributed by atoms with Crippen molar-refractivity contribution in [3.05, 3.63) is 40.1 Å². The Labute approximate surface area is 125 Å². The van der Waals surface area contributed by atoms with Crippen LogP contribution in [-0.4, -0.2) is 17.1 Å². The Bertz CT molecular complexity index is 610. The number of hydrazine groups is 1. The number of benzene rings is 1. The summed E-state index contributed by atoms with van der Waals surface area (Å²) in [6.07, 6.45) is 0. The van der Waals surface area contributed by atoms with Crippen LogP contribution in [-0.2, 0) is 11.3 Å². The number of aromatic nitrogens is 2. The first-order chi connectivity index (χ1) is 9.63. The summed E-state index contributed by atoms with van der Waals surface area (Å²) >= 11 is 12.0. The fourth-order valence-electron chi connectivity index (χ4n) is 1.47. The van der Waals surface area contributed by atoms with Crippen LogP contribution >= 0.6 is 23.2 Å². The quantitative estimate of drug-likeness (QED) is 0.652. The molecule has 0 aliphatic rings. The molecular weight excluding hydrogens is 303 g/mol. The molecule has 0 saturated carbocycles. The third-order valence-electron chi connectivity index (χ3n) is 2.30. The number of hydrogen-bond acceptors (Lipinski definition) is 6. The third kappa shape index (κ3) is 3.49. The van der Waals surface area contributed by atoms with Gasteiger partial charge in [0.05, 0.1) is 5.02 Å². The molecule has 2 rings (SSSR count). The van der Waals surface area contributed by atoms with Crippen LogP contribution in [0.4, 0.5) is 5.82 Å². The molecule has 106 valence electrons. The maximum atomic E-state index is 6.05. The highest BCUT2D eigenvalue weighted by Gasteiger charge is 2.10. The number of ether oxygens (including phenoxy) is 2. The van der Waals surface area contributed by atoms with E-state index in [2.05, 4.69) is 15.4 Å². The second kappa shape index (κ2) is 6.71. The number of anilines is 1. The van der Waals surface area contributed by atoms with E-state index in [9.17, 15) is 0 Å². The molecule has 1 heterocycles. The number of nitrogens with one attached hydrogen (secondary N) is 1. The van der Waals surface area contributed by atoms with Gasteiger partial charge in [0.1, 0.15) is 23.2 Å². The van der Waals surface area contributed by atoms with Gasteiger partial charge in [0.15, 0.2) is 5.82 Å². The van der Waals surface area contributed by atoms with E-state index < -0.39 is 0 Å². The largest absolute Gasteiger partial charge is 0.437 e. The summed E-state index contributed by atoms with van der Waals surface area (Å²) in [5.41, 5.74) is 2.43. The molecule has 20 heavy (non-hydrogen) atoms. The molecule has 0 radical (unpaired) electrons. The Morgan fingerprint density at radius 2 is 2.10 bits per heavy atom. The van der Waals surface area contributed by atoms with Crippen LogP contribution in [0.15, 0.2) is 24.3 Å². The monoisotopic (exact) mass is 314 g/mol. The van der Waals surface area contributed by atoms with Crippen LogP contribution in [0, 0.1) is 0 Å². The Morgan fingerprint density at radius 3 is 2.80 bits per heavy atom. The summed E-state index contributed by atoms with van der Waals surface area (Å²) in [5.74, 6) is 6.85. The number of nitrogen functional groups attached to an aromatic ring is 1. The molecule has 0 atom stereocenters. The molecule has 1 aromatic heterocycles. The van der Waals surface area contributed by atoms with E-state index in [1.165, 1.54) is 6.07 Å². The van der Waals surface area contributed by atoms with Gasteiger partial charge < -0.3 is 14.9 Å². The lowest BCUT2D eigenvalue weighted by atomic mass is 10.3. The van der Waals surface area contributed by atoms with Crippen LogP contribution in [0.25, 0.3) is 0 Å². The van der Waals surface area contributed by atoms with Crippen molar-refractivity contribution in [1.82, 2.24) is 9.97 Å². The second-order valence-corrected chi connectivity index (χ2v) is 4.52. The molecule has 0 spiro atoms. The fourth-order valence-corrected chi connectivity index (χ4v) is 1.80. The average molecular weight is 315 g/mol. The SMILES string of the molecule is COCc1nc(NN)cc(Oc2cccc(Cl)c2Cl)n1. The molecule has 6 nitrogen and oxygen atoms in total. The number of methoxy groups -OCH3 is 1. The Kier molecular flexibility index (Phi) is 4.97. The zero-order valence-electron chi connectivity index (χ0n) is 10.6. The van der Waals surface area contributed by atoms with E-state index in [4.69, 9.17) is 38.5 Å². The van der Waals surface area contributed by atoms with Gasteiger partial charge >= 0.3 is 0 Å². The molecule has 0 aliphatic heterocycles. The van der Waals surface area contributed by atoms with Crippen molar-refractivity contribution >= 4 is 29.0 Å². The van der Waals surface area contributed by atoms with Crippen molar-refractivity contribution in [3.63, 3.8) is 0 Å². The fraction of sp³-hybridized carbons (Fsp3) is 0.167. The summed E-state index contributed by atoms with van der Waals surface area (Å²) in [4.78, 5) is 8.29. The molecule has 0 aliphatic carbocycles. The van der Waals surface area contributed by atoms with Crippen LogP contribution in [0.2, 0.25) is 10.0 Å². The molecule has 8 heteroatoms. The van der Waals surface area contributed by atoms with E-state index in [1.807, 2.05) is 0 Å². The number of halogens is 2. The lowest BCUT2D eigenvalue weighted by Gasteiger charge is -2.10. The molecule has 1 aromatic carbocycles. The van der Waals surface area contributed by atoms with Crippen molar-refractivity contribution in [2.75, 3.05) is 12.5 Å². The van der Waals surface area contributed by atoms with Crippen LogP contribution in [0.5, 0.6) is 11.6 Å². The first kappa shape index (κ1) is 14.8. The summed E-state index contributed by atoms with van der Waals surface area (Å²) < 4.78 is 10.6. The molecule has 0 fully saturated rings. The minimum absolute atomic E-state index is 0.231. The van der Waals surface area contributed by atoms with Crippen molar-refractivity contribution in [3.8, 4) is 11.6 Å². The molecule has 0 bridgehead atoms. The number of rotatable bonds is 5. The zero-order valence-corrected chi connectivity index (χ0v) is 12.1. The maximum absolute atomic E-state index is 6.05. The van der Waals surface area contributed by atoms with Gasteiger partial charge in [-0.15, -0.1) is 0 Å². The molecular formula is C12H12Cl2N4O2. The van der Waals surface area contributed by atoms with Gasteiger partial charge in [-0.3, -0.25) is 0 Å². The zero-order chi connectivity index (χ0) is 14.5. The highest BCUT2D eigenvalue weighted by Crippen LogP contribution is 2.34. The second-order valence-electron chi connectivity index (χ2n) is 3.74. The molecule has 2 aromatic rings. The molecule has 0 unspecified atom stereocenters. The first-order valence-electron chi connectivity index (χ1n) is 5.59. The van der Waals surface area contributed by atoms with Gasteiger partial charge in [-0.25, -0.2) is 10.8 Å². The van der Waals surface area contributed by atoms with Crippen molar-refractivity contribution < 1.29 is 9.47 Å². The minimum Gasteiger partial charge on any atom is -0.437 e. The average Bonchev–Trinajstić information content (AvgIpc) is 2.44. The van der Waals surface area contributed by atoms with Gasteiger partial charge in [-0.2, -0.15) is 4.98 Å². The lowest BCUT2D eigenvalue weighted by Crippen LogP contribution is -2.11. The Balaban J connectivity index is 2.32. The van der Waals surface area contributed by atoms with Gasteiger partial charge in [-0.1, -0.05) is 29.3 Å². The number of nitrogens with two attached hydrogens (primary N) is 1. The molecule has 0 saturated heterocycles. The van der Waals surface area contributed by atoms with E-state index in [1.54, 1.807) is 25.3 Å². The normalized spacial score (nSPS) is 10.4.